The van der Waals surface area contributed by atoms with E-state index in [1.165, 1.54) is 21.6 Å². The highest BCUT2D eigenvalue weighted by Crippen LogP contribution is 2.37. The third kappa shape index (κ3) is 1.44. The van der Waals surface area contributed by atoms with Crippen LogP contribution in [0, 0.1) is 0 Å². The zero-order chi connectivity index (χ0) is 10.1. The first-order valence-corrected chi connectivity index (χ1v) is 5.77. The lowest BCUT2D eigenvalue weighted by Gasteiger charge is -2.01. The van der Waals surface area contributed by atoms with Crippen LogP contribution in [0.1, 0.15) is 18.1 Å². The number of halogens is 1. The summed E-state index contributed by atoms with van der Waals surface area (Å²) in [5, 5.41) is 10.4. The molecule has 0 unspecified atom stereocenters. The summed E-state index contributed by atoms with van der Waals surface area (Å²) in [7, 11) is 0. The summed E-state index contributed by atoms with van der Waals surface area (Å²) in [6, 6.07) is 6.17. The molecule has 0 radical (unpaired) electrons. The van der Waals surface area contributed by atoms with Gasteiger partial charge in [-0.15, -0.1) is 11.3 Å². The first kappa shape index (κ1) is 9.97. The summed E-state index contributed by atoms with van der Waals surface area (Å²) >= 11 is 7.59. The average molecular weight is 227 g/mol. The van der Waals surface area contributed by atoms with E-state index in [0.29, 0.717) is 4.34 Å². The van der Waals surface area contributed by atoms with Crippen LogP contribution >= 0.6 is 22.9 Å². The Morgan fingerprint density at radius 3 is 2.86 bits per heavy atom. The SMILES string of the molecule is CCc1cccc2sc(Cl)c(CO)c12. The molecule has 0 atom stereocenters. The Labute approximate surface area is 91.9 Å². The van der Waals surface area contributed by atoms with Gasteiger partial charge in [0.2, 0.25) is 0 Å². The predicted octanol–water partition coefficient (Wildman–Crippen LogP) is 3.61. The van der Waals surface area contributed by atoms with Gasteiger partial charge in [0.15, 0.2) is 0 Å². The van der Waals surface area contributed by atoms with Gasteiger partial charge < -0.3 is 5.11 Å². The number of thiophene rings is 1. The van der Waals surface area contributed by atoms with E-state index in [-0.39, 0.29) is 6.61 Å². The third-order valence-corrected chi connectivity index (χ3v) is 3.84. The van der Waals surface area contributed by atoms with Gasteiger partial charge in [-0.2, -0.15) is 0 Å². The molecule has 1 aromatic heterocycles. The molecule has 0 amide bonds. The van der Waals surface area contributed by atoms with Gasteiger partial charge >= 0.3 is 0 Å². The Kier molecular flexibility index (Phi) is 2.77. The summed E-state index contributed by atoms with van der Waals surface area (Å²) in [6.07, 6.45) is 0.970. The fourth-order valence-corrected chi connectivity index (χ4v) is 3.09. The van der Waals surface area contributed by atoms with Crippen molar-refractivity contribution in [2.45, 2.75) is 20.0 Å². The molecule has 1 heterocycles. The monoisotopic (exact) mass is 226 g/mol. The molecule has 1 aromatic carbocycles. The second kappa shape index (κ2) is 3.89. The van der Waals surface area contributed by atoms with Crippen LogP contribution in [0.4, 0.5) is 0 Å². The van der Waals surface area contributed by atoms with Crippen LogP contribution in [-0.4, -0.2) is 5.11 Å². The fourth-order valence-electron chi connectivity index (χ4n) is 1.70. The molecule has 3 heteroatoms. The third-order valence-electron chi connectivity index (χ3n) is 2.39. The Hall–Kier alpha value is -0.570. The average Bonchev–Trinajstić information content (AvgIpc) is 2.52. The minimum atomic E-state index is 0.0237. The Morgan fingerprint density at radius 2 is 2.21 bits per heavy atom. The van der Waals surface area contributed by atoms with E-state index in [1.807, 2.05) is 12.1 Å². The minimum Gasteiger partial charge on any atom is -0.392 e. The van der Waals surface area contributed by atoms with Crippen molar-refractivity contribution in [3.63, 3.8) is 0 Å². The molecular weight excluding hydrogens is 216 g/mol. The second-order valence-corrected chi connectivity index (χ2v) is 4.81. The zero-order valence-electron chi connectivity index (χ0n) is 7.88. The van der Waals surface area contributed by atoms with Gasteiger partial charge in [0.25, 0.3) is 0 Å². The van der Waals surface area contributed by atoms with Crippen LogP contribution in [0.3, 0.4) is 0 Å². The summed E-state index contributed by atoms with van der Waals surface area (Å²) in [5.41, 5.74) is 2.14. The van der Waals surface area contributed by atoms with Crippen molar-refractivity contribution in [1.82, 2.24) is 0 Å². The molecule has 0 saturated carbocycles. The van der Waals surface area contributed by atoms with Gasteiger partial charge in [-0.05, 0) is 18.1 Å². The topological polar surface area (TPSA) is 20.2 Å². The molecule has 0 bridgehead atoms. The van der Waals surface area contributed by atoms with Gasteiger partial charge in [0.05, 0.1) is 10.9 Å². The molecule has 1 nitrogen and oxygen atoms in total. The van der Waals surface area contributed by atoms with Gasteiger partial charge in [-0.25, -0.2) is 0 Å². The lowest BCUT2D eigenvalue weighted by molar-refractivity contribution is 0.284. The Balaban J connectivity index is 2.82. The van der Waals surface area contributed by atoms with Crippen LogP contribution in [0.2, 0.25) is 4.34 Å². The van der Waals surface area contributed by atoms with Crippen molar-refractivity contribution < 1.29 is 5.11 Å². The largest absolute Gasteiger partial charge is 0.392 e. The molecule has 0 aliphatic rings. The molecule has 0 aliphatic carbocycles. The second-order valence-electron chi connectivity index (χ2n) is 3.16. The molecule has 1 N–H and O–H groups in total. The number of benzene rings is 1. The van der Waals surface area contributed by atoms with E-state index >= 15 is 0 Å². The molecule has 2 rings (SSSR count). The quantitative estimate of drug-likeness (QED) is 0.830. The molecule has 0 spiro atoms. The van der Waals surface area contributed by atoms with E-state index in [2.05, 4.69) is 13.0 Å². The molecule has 0 fully saturated rings. The van der Waals surface area contributed by atoms with Gasteiger partial charge in [-0.3, -0.25) is 0 Å². The highest BCUT2D eigenvalue weighted by atomic mass is 35.5. The normalized spacial score (nSPS) is 11.1. The molecule has 0 saturated heterocycles. The minimum absolute atomic E-state index is 0.0237. The molecule has 74 valence electrons. The van der Waals surface area contributed by atoms with E-state index in [9.17, 15) is 5.11 Å². The smallest absolute Gasteiger partial charge is 0.0996 e. The fraction of sp³-hybridized carbons (Fsp3) is 0.273. The number of aryl methyl sites for hydroxylation is 1. The van der Waals surface area contributed by atoms with Gasteiger partial charge in [-0.1, -0.05) is 30.7 Å². The molecule has 14 heavy (non-hydrogen) atoms. The first-order chi connectivity index (χ1) is 6.77. The van der Waals surface area contributed by atoms with E-state index in [1.54, 1.807) is 0 Å². The number of hydrogen-bond acceptors (Lipinski definition) is 2. The van der Waals surface area contributed by atoms with Gasteiger partial charge in [0.1, 0.15) is 0 Å². The van der Waals surface area contributed by atoms with Gasteiger partial charge in [0, 0.05) is 15.6 Å². The maximum absolute atomic E-state index is 9.25. The maximum atomic E-state index is 9.25. The van der Waals surface area contributed by atoms with Crippen LogP contribution in [0.15, 0.2) is 18.2 Å². The summed E-state index contributed by atoms with van der Waals surface area (Å²) in [6.45, 7) is 2.14. The summed E-state index contributed by atoms with van der Waals surface area (Å²) < 4.78 is 1.88. The van der Waals surface area contributed by atoms with Crippen molar-refractivity contribution in [2.75, 3.05) is 0 Å². The van der Waals surface area contributed by atoms with Crippen molar-refractivity contribution in [2.24, 2.45) is 0 Å². The van der Waals surface area contributed by atoms with Crippen molar-refractivity contribution in [1.29, 1.82) is 0 Å². The van der Waals surface area contributed by atoms with Crippen molar-refractivity contribution in [3.05, 3.63) is 33.7 Å². The molecular formula is C11H11ClOS. The first-order valence-electron chi connectivity index (χ1n) is 4.57. The predicted molar refractivity (Wildman–Crippen MR) is 62.1 cm³/mol. The van der Waals surface area contributed by atoms with Crippen molar-refractivity contribution in [3.8, 4) is 0 Å². The summed E-state index contributed by atoms with van der Waals surface area (Å²) in [5.74, 6) is 0. The van der Waals surface area contributed by atoms with E-state index in [0.717, 1.165) is 17.4 Å². The van der Waals surface area contributed by atoms with Crippen LogP contribution < -0.4 is 0 Å². The Bertz CT molecular complexity index is 462. The number of aliphatic hydroxyl groups excluding tert-OH is 1. The van der Waals surface area contributed by atoms with E-state index < -0.39 is 0 Å². The number of aliphatic hydroxyl groups is 1. The van der Waals surface area contributed by atoms with Crippen LogP contribution in [0.25, 0.3) is 10.1 Å². The molecule has 0 aliphatic heterocycles. The summed E-state index contributed by atoms with van der Waals surface area (Å²) in [4.78, 5) is 0. The highest BCUT2D eigenvalue weighted by molar-refractivity contribution is 7.23. The van der Waals surface area contributed by atoms with Crippen LogP contribution in [0.5, 0.6) is 0 Å². The lowest BCUT2D eigenvalue weighted by Crippen LogP contribution is -1.86. The highest BCUT2D eigenvalue weighted by Gasteiger charge is 2.11. The number of hydrogen-bond donors (Lipinski definition) is 1. The van der Waals surface area contributed by atoms with Crippen LogP contribution in [-0.2, 0) is 13.0 Å². The molecule has 2 aromatic rings. The number of fused-ring (bicyclic) bond motifs is 1. The van der Waals surface area contributed by atoms with Crippen molar-refractivity contribution >= 4 is 33.0 Å². The zero-order valence-corrected chi connectivity index (χ0v) is 9.45. The standard InChI is InChI=1S/C11H11ClOS/c1-2-7-4-3-5-9-10(7)8(6-13)11(12)14-9/h3-5,13H,2,6H2,1H3. The lowest BCUT2D eigenvalue weighted by atomic mass is 10.1. The van der Waals surface area contributed by atoms with E-state index in [4.69, 9.17) is 11.6 Å². The number of rotatable bonds is 2. The maximum Gasteiger partial charge on any atom is 0.0996 e. The Morgan fingerprint density at radius 1 is 1.43 bits per heavy atom.